The number of ether oxygens (including phenoxy) is 1. The summed E-state index contributed by atoms with van der Waals surface area (Å²) in [6, 6.07) is 9.13. The Morgan fingerprint density at radius 3 is 2.81 bits per heavy atom. The molecule has 0 aliphatic carbocycles. The number of carbonyl (C=O) groups is 1. The average molecular weight is 431 g/mol. The van der Waals surface area contributed by atoms with Gasteiger partial charge in [-0.25, -0.2) is 9.78 Å². The Morgan fingerprint density at radius 2 is 1.97 bits per heavy atom. The van der Waals surface area contributed by atoms with Crippen LogP contribution < -0.4 is 10.6 Å². The van der Waals surface area contributed by atoms with Crippen LogP contribution in [0.5, 0.6) is 0 Å². The smallest absolute Gasteiger partial charge is 0.430 e. The lowest BCUT2D eigenvalue weighted by atomic mass is 9.97. The van der Waals surface area contributed by atoms with Crippen LogP contribution in [0.3, 0.4) is 0 Å². The zero-order valence-electron chi connectivity index (χ0n) is 16.4. The summed E-state index contributed by atoms with van der Waals surface area (Å²) in [5.74, 6) is -0.159. The molecule has 162 valence electrons. The molecule has 2 aliphatic rings. The standard InChI is InChI=1S/C21H20F3N5O2/c22-21(23,24)18-16-14(8-11-26-19(16)27-20(30)31-18)17-13-5-1-2-6-15(13)29(28-17)12-4-3-9-25-10-7-12/h1-2,5-6,8,11-12,18,25H,3-4,7,9-10H2,(H,26,27,30)/t12-,18+/m0/s1. The molecule has 1 amide bonds. The van der Waals surface area contributed by atoms with Crippen LogP contribution in [0.4, 0.5) is 23.8 Å². The number of halogens is 3. The number of rotatable bonds is 2. The Kier molecular flexibility index (Phi) is 4.81. The summed E-state index contributed by atoms with van der Waals surface area (Å²) in [6.45, 7) is 1.79. The minimum absolute atomic E-state index is 0.140. The van der Waals surface area contributed by atoms with Crippen LogP contribution in [0, 0.1) is 0 Å². The topological polar surface area (TPSA) is 81.1 Å². The third-order valence-corrected chi connectivity index (χ3v) is 5.75. The molecule has 31 heavy (non-hydrogen) atoms. The minimum Gasteiger partial charge on any atom is -0.431 e. The van der Waals surface area contributed by atoms with Gasteiger partial charge in [0.05, 0.1) is 17.1 Å². The van der Waals surface area contributed by atoms with Crippen molar-refractivity contribution >= 4 is 22.8 Å². The summed E-state index contributed by atoms with van der Waals surface area (Å²) in [6.07, 6.45) is -4.20. The number of para-hydroxylation sites is 1. The van der Waals surface area contributed by atoms with E-state index in [1.54, 1.807) is 0 Å². The summed E-state index contributed by atoms with van der Waals surface area (Å²) < 4.78 is 47.9. The summed E-state index contributed by atoms with van der Waals surface area (Å²) in [5.41, 5.74) is 1.29. The van der Waals surface area contributed by atoms with Crippen LogP contribution in [-0.2, 0) is 4.74 Å². The molecule has 1 aromatic carbocycles. The molecule has 2 N–H and O–H groups in total. The fraction of sp³-hybridized carbons (Fsp3) is 0.381. The lowest BCUT2D eigenvalue weighted by molar-refractivity contribution is -0.206. The summed E-state index contributed by atoms with van der Waals surface area (Å²) >= 11 is 0. The van der Waals surface area contributed by atoms with Gasteiger partial charge in [-0.05, 0) is 44.5 Å². The second-order valence-electron chi connectivity index (χ2n) is 7.72. The Bertz CT molecular complexity index is 1140. The predicted molar refractivity (Wildman–Crippen MR) is 108 cm³/mol. The first kappa shape index (κ1) is 19.8. The van der Waals surface area contributed by atoms with Gasteiger partial charge in [0, 0.05) is 17.1 Å². The predicted octanol–water partition coefficient (Wildman–Crippen LogP) is 4.58. The van der Waals surface area contributed by atoms with E-state index >= 15 is 0 Å². The highest BCUT2D eigenvalue weighted by Gasteiger charge is 2.49. The highest BCUT2D eigenvalue weighted by atomic mass is 19.4. The van der Waals surface area contributed by atoms with E-state index in [4.69, 9.17) is 5.10 Å². The van der Waals surface area contributed by atoms with Crippen molar-refractivity contribution in [3.63, 3.8) is 0 Å². The third-order valence-electron chi connectivity index (χ3n) is 5.75. The van der Waals surface area contributed by atoms with E-state index < -0.39 is 18.4 Å². The van der Waals surface area contributed by atoms with Gasteiger partial charge in [-0.3, -0.25) is 10.00 Å². The van der Waals surface area contributed by atoms with E-state index in [2.05, 4.69) is 20.4 Å². The molecular weight excluding hydrogens is 411 g/mol. The highest BCUT2D eigenvalue weighted by Crippen LogP contribution is 2.46. The van der Waals surface area contributed by atoms with Crippen molar-refractivity contribution in [1.82, 2.24) is 20.1 Å². The first-order valence-corrected chi connectivity index (χ1v) is 10.1. The van der Waals surface area contributed by atoms with Crippen molar-refractivity contribution < 1.29 is 22.7 Å². The number of anilines is 1. The van der Waals surface area contributed by atoms with Crippen LogP contribution in [-0.4, -0.2) is 40.1 Å². The number of aromatic nitrogens is 3. The van der Waals surface area contributed by atoms with E-state index in [1.807, 2.05) is 28.9 Å². The van der Waals surface area contributed by atoms with Crippen LogP contribution >= 0.6 is 0 Å². The minimum atomic E-state index is -4.78. The Balaban J connectivity index is 1.71. The van der Waals surface area contributed by atoms with Crippen molar-refractivity contribution in [1.29, 1.82) is 0 Å². The molecule has 2 atom stereocenters. The molecule has 3 aromatic rings. The zero-order valence-corrected chi connectivity index (χ0v) is 16.4. The Labute approximate surface area is 175 Å². The van der Waals surface area contributed by atoms with Crippen molar-refractivity contribution in [3.05, 3.63) is 42.1 Å². The molecule has 0 saturated carbocycles. The first-order valence-electron chi connectivity index (χ1n) is 10.1. The molecule has 0 bridgehead atoms. The molecule has 1 saturated heterocycles. The van der Waals surface area contributed by atoms with Crippen molar-refractivity contribution in [3.8, 4) is 11.3 Å². The third kappa shape index (κ3) is 3.50. The molecule has 2 aromatic heterocycles. The number of nitrogens with zero attached hydrogens (tertiary/aromatic N) is 3. The summed E-state index contributed by atoms with van der Waals surface area (Å²) in [5, 5.41) is 11.2. The number of alkyl halides is 3. The van der Waals surface area contributed by atoms with Gasteiger partial charge in [-0.2, -0.15) is 18.3 Å². The normalized spacial score (nSPS) is 21.8. The van der Waals surface area contributed by atoms with Crippen molar-refractivity contribution in [2.75, 3.05) is 18.4 Å². The average Bonchev–Trinajstić information content (AvgIpc) is 2.91. The molecule has 4 heterocycles. The SMILES string of the molecule is O=C1Nc2nccc(-c3nn([C@H]4CCCNCC4)c4ccccc34)c2[C@H](C(F)(F)F)O1. The second-order valence-corrected chi connectivity index (χ2v) is 7.72. The molecule has 1 fully saturated rings. The Morgan fingerprint density at radius 1 is 1.13 bits per heavy atom. The number of benzene rings is 1. The Hall–Kier alpha value is -3.14. The first-order chi connectivity index (χ1) is 14.9. The summed E-state index contributed by atoms with van der Waals surface area (Å²) in [4.78, 5) is 15.6. The lowest BCUT2D eigenvalue weighted by Gasteiger charge is -2.28. The largest absolute Gasteiger partial charge is 0.431 e. The van der Waals surface area contributed by atoms with Crippen molar-refractivity contribution in [2.45, 2.75) is 37.6 Å². The molecule has 2 aliphatic heterocycles. The van der Waals surface area contributed by atoms with Gasteiger partial charge in [0.25, 0.3) is 0 Å². The zero-order chi connectivity index (χ0) is 21.6. The maximum Gasteiger partial charge on any atom is 0.430 e. The number of pyridine rings is 1. The fourth-order valence-corrected chi connectivity index (χ4v) is 4.38. The summed E-state index contributed by atoms with van der Waals surface area (Å²) in [7, 11) is 0. The maximum absolute atomic E-state index is 13.8. The number of cyclic esters (lactones) is 1. The fourth-order valence-electron chi connectivity index (χ4n) is 4.38. The number of hydrogen-bond acceptors (Lipinski definition) is 5. The molecule has 5 rings (SSSR count). The van der Waals surface area contributed by atoms with E-state index in [0.29, 0.717) is 5.69 Å². The van der Waals surface area contributed by atoms with Gasteiger partial charge in [-0.15, -0.1) is 0 Å². The molecular formula is C21H20F3N5O2. The number of carbonyl (C=O) groups excluding carboxylic acids is 1. The van der Waals surface area contributed by atoms with E-state index in [9.17, 15) is 18.0 Å². The quantitative estimate of drug-likeness (QED) is 0.621. The monoisotopic (exact) mass is 431 g/mol. The molecule has 0 radical (unpaired) electrons. The van der Waals surface area contributed by atoms with E-state index in [1.165, 1.54) is 12.3 Å². The van der Waals surface area contributed by atoms with Crippen LogP contribution in [0.25, 0.3) is 22.2 Å². The molecule has 0 unspecified atom stereocenters. The van der Waals surface area contributed by atoms with Gasteiger partial charge >= 0.3 is 12.3 Å². The van der Waals surface area contributed by atoms with Gasteiger partial charge in [-0.1, -0.05) is 18.2 Å². The van der Waals surface area contributed by atoms with Gasteiger partial charge in [0.15, 0.2) is 0 Å². The van der Waals surface area contributed by atoms with E-state index in [0.717, 1.165) is 43.3 Å². The van der Waals surface area contributed by atoms with Crippen molar-refractivity contribution in [2.24, 2.45) is 0 Å². The van der Waals surface area contributed by atoms with Gasteiger partial charge < -0.3 is 10.1 Å². The molecule has 10 heteroatoms. The van der Waals surface area contributed by atoms with Gasteiger partial charge in [0.2, 0.25) is 6.10 Å². The number of nitrogens with one attached hydrogen (secondary N) is 2. The molecule has 7 nitrogen and oxygen atoms in total. The van der Waals surface area contributed by atoms with Crippen LogP contribution in [0.2, 0.25) is 0 Å². The number of fused-ring (bicyclic) bond motifs is 2. The number of hydrogen-bond donors (Lipinski definition) is 2. The van der Waals surface area contributed by atoms with E-state index in [-0.39, 0.29) is 23.0 Å². The lowest BCUT2D eigenvalue weighted by Crippen LogP contribution is -2.34. The maximum atomic E-state index is 13.8. The second kappa shape index (κ2) is 7.52. The number of amides is 1. The molecule has 0 spiro atoms. The van der Waals surface area contributed by atoms with Gasteiger partial charge in [0.1, 0.15) is 11.5 Å². The highest BCUT2D eigenvalue weighted by molar-refractivity contribution is 5.97. The van der Waals surface area contributed by atoms with Crippen LogP contribution in [0.15, 0.2) is 36.5 Å². The van der Waals surface area contributed by atoms with Crippen LogP contribution in [0.1, 0.15) is 37.0 Å².